The van der Waals surface area contributed by atoms with Crippen molar-refractivity contribution in [2.45, 2.75) is 81.2 Å². The summed E-state index contributed by atoms with van der Waals surface area (Å²) >= 11 is 0. The molecule has 11 heteroatoms. The molecule has 6 rings (SSSR count). The van der Waals surface area contributed by atoms with Crippen LogP contribution in [-0.4, -0.2) is 59.0 Å². The second kappa shape index (κ2) is 11.3. The average Bonchev–Trinajstić information content (AvgIpc) is 3.35. The van der Waals surface area contributed by atoms with Gasteiger partial charge in [-0.05, 0) is 56.2 Å². The van der Waals surface area contributed by atoms with Crippen LogP contribution < -0.4 is 9.47 Å². The molecule has 6 atom stereocenters. The molecule has 0 saturated heterocycles. The standard InChI is InChI=1S/C33H34O11/c1-18(31(38)44-27(30(36)37)19-7-4-3-5-8-19)41-24(34)12-13-25(35)42-23-14-16-33(39)21-9-6-15-32(33)26-20(17-21)10-11-22(40-2)28(26)43-29(23)32/h3-5,7-8,10-11,14,18,21,27,29,39H,6,9,12-13,15-17H2,1-2H3,(H,36,37)/t18-,21+,27-,29-,32-,33+/m0/s1. The number of carboxylic acid groups (broad SMARTS) is 1. The Morgan fingerprint density at radius 3 is 2.52 bits per heavy atom. The monoisotopic (exact) mass is 606 g/mol. The van der Waals surface area contributed by atoms with E-state index in [2.05, 4.69) is 0 Å². The zero-order valence-electron chi connectivity index (χ0n) is 24.4. The topological polar surface area (TPSA) is 155 Å². The number of hydrogen-bond donors (Lipinski definition) is 2. The van der Waals surface area contributed by atoms with E-state index in [0.717, 1.165) is 30.4 Å². The normalized spacial score (nSPS) is 27.0. The molecule has 1 saturated carbocycles. The van der Waals surface area contributed by atoms with Gasteiger partial charge in [-0.2, -0.15) is 0 Å². The van der Waals surface area contributed by atoms with E-state index in [1.165, 1.54) is 19.1 Å². The summed E-state index contributed by atoms with van der Waals surface area (Å²) in [5.41, 5.74) is 0.471. The molecule has 2 N–H and O–H groups in total. The van der Waals surface area contributed by atoms with Crippen LogP contribution in [0.5, 0.6) is 11.5 Å². The molecule has 232 valence electrons. The third kappa shape index (κ3) is 4.70. The van der Waals surface area contributed by atoms with Gasteiger partial charge in [-0.1, -0.05) is 42.8 Å². The molecule has 1 aliphatic heterocycles. The number of carboxylic acids is 1. The zero-order chi connectivity index (χ0) is 31.2. The summed E-state index contributed by atoms with van der Waals surface area (Å²) in [7, 11) is 1.56. The predicted molar refractivity (Wildman–Crippen MR) is 152 cm³/mol. The van der Waals surface area contributed by atoms with Crippen LogP contribution in [0.25, 0.3) is 0 Å². The highest BCUT2D eigenvalue weighted by Crippen LogP contribution is 2.67. The number of ether oxygens (including phenoxy) is 5. The molecule has 0 unspecified atom stereocenters. The number of hydrogen-bond acceptors (Lipinski definition) is 10. The molecule has 3 aliphatic carbocycles. The van der Waals surface area contributed by atoms with Gasteiger partial charge < -0.3 is 33.9 Å². The van der Waals surface area contributed by atoms with Gasteiger partial charge in [0.2, 0.25) is 6.10 Å². The Kier molecular flexibility index (Phi) is 7.61. The highest BCUT2D eigenvalue weighted by atomic mass is 16.6. The fraction of sp³-hybridized carbons (Fsp3) is 0.455. The van der Waals surface area contributed by atoms with Crippen LogP contribution in [0, 0.1) is 5.92 Å². The van der Waals surface area contributed by atoms with E-state index >= 15 is 0 Å². The van der Waals surface area contributed by atoms with Crippen LogP contribution in [0.3, 0.4) is 0 Å². The van der Waals surface area contributed by atoms with Gasteiger partial charge in [0.25, 0.3) is 0 Å². The van der Waals surface area contributed by atoms with Gasteiger partial charge >= 0.3 is 23.9 Å². The van der Waals surface area contributed by atoms with Crippen LogP contribution in [0.4, 0.5) is 0 Å². The molecule has 0 aromatic heterocycles. The number of esters is 3. The van der Waals surface area contributed by atoms with Gasteiger partial charge in [-0.3, -0.25) is 9.59 Å². The largest absolute Gasteiger partial charge is 0.493 e. The summed E-state index contributed by atoms with van der Waals surface area (Å²) in [6, 6.07) is 11.8. The SMILES string of the molecule is COc1ccc2c3c1O[C@H]1C(OC(=O)CCC(=O)O[C@@H](C)C(=O)O[C@H](C(=O)O)c4ccccc4)=CC[C@@]4(O)[C@H](CCC[C@]314)C2. The van der Waals surface area contributed by atoms with Crippen LogP contribution >= 0.6 is 0 Å². The second-order valence-corrected chi connectivity index (χ2v) is 11.8. The van der Waals surface area contributed by atoms with E-state index in [0.29, 0.717) is 24.3 Å². The van der Waals surface area contributed by atoms with Gasteiger partial charge in [0.05, 0.1) is 31.0 Å². The summed E-state index contributed by atoms with van der Waals surface area (Å²) in [6.07, 6.45) is 0.794. The molecule has 2 bridgehead atoms. The molecule has 2 aromatic rings. The van der Waals surface area contributed by atoms with Crippen LogP contribution in [0.1, 0.15) is 68.2 Å². The predicted octanol–water partition coefficient (Wildman–Crippen LogP) is 3.69. The number of benzene rings is 2. The highest BCUT2D eigenvalue weighted by Gasteiger charge is 2.70. The lowest BCUT2D eigenvalue weighted by molar-refractivity contribution is -0.176. The van der Waals surface area contributed by atoms with Gasteiger partial charge in [-0.25, -0.2) is 9.59 Å². The number of carbonyl (C=O) groups excluding carboxylic acids is 3. The summed E-state index contributed by atoms with van der Waals surface area (Å²) in [5, 5.41) is 21.6. The molecule has 4 aliphatic rings. The Bertz CT molecular complexity index is 1530. The van der Waals surface area contributed by atoms with Crippen molar-refractivity contribution in [3.05, 3.63) is 71.0 Å². The molecular formula is C33H34O11. The summed E-state index contributed by atoms with van der Waals surface area (Å²) < 4.78 is 28.0. The summed E-state index contributed by atoms with van der Waals surface area (Å²) in [5.74, 6) is -2.51. The van der Waals surface area contributed by atoms with Gasteiger partial charge in [0.15, 0.2) is 23.7 Å². The van der Waals surface area contributed by atoms with E-state index in [4.69, 9.17) is 23.7 Å². The van der Waals surface area contributed by atoms with Gasteiger partial charge in [0, 0.05) is 11.1 Å². The van der Waals surface area contributed by atoms with Crippen molar-refractivity contribution in [1.29, 1.82) is 0 Å². The maximum Gasteiger partial charge on any atom is 0.349 e. The van der Waals surface area contributed by atoms with E-state index in [1.54, 1.807) is 31.4 Å². The molecule has 1 spiro atoms. The van der Waals surface area contributed by atoms with Crippen molar-refractivity contribution in [1.82, 2.24) is 0 Å². The first-order valence-corrected chi connectivity index (χ1v) is 14.8. The third-order valence-corrected chi connectivity index (χ3v) is 9.43. The molecule has 2 aromatic carbocycles. The first-order chi connectivity index (χ1) is 21.1. The van der Waals surface area contributed by atoms with Crippen molar-refractivity contribution in [2.75, 3.05) is 7.11 Å². The first-order valence-electron chi connectivity index (χ1n) is 14.8. The maximum absolute atomic E-state index is 12.9. The maximum atomic E-state index is 12.9. The van der Waals surface area contributed by atoms with E-state index in [1.807, 2.05) is 12.1 Å². The number of carbonyl (C=O) groups is 4. The first kappa shape index (κ1) is 29.7. The average molecular weight is 607 g/mol. The minimum Gasteiger partial charge on any atom is -0.493 e. The molecule has 44 heavy (non-hydrogen) atoms. The third-order valence-electron chi connectivity index (χ3n) is 9.43. The van der Waals surface area contributed by atoms with Crippen molar-refractivity contribution >= 4 is 23.9 Å². The molecule has 0 amide bonds. The van der Waals surface area contributed by atoms with Crippen LogP contribution in [0.2, 0.25) is 0 Å². The minimum atomic E-state index is -1.57. The van der Waals surface area contributed by atoms with E-state index in [-0.39, 0.29) is 30.1 Å². The Morgan fingerprint density at radius 2 is 1.80 bits per heavy atom. The number of methoxy groups -OCH3 is 1. The lowest BCUT2D eigenvalue weighted by Crippen LogP contribution is -2.67. The smallest absolute Gasteiger partial charge is 0.349 e. The Labute approximate surface area is 253 Å². The molecular weight excluding hydrogens is 572 g/mol. The Balaban J connectivity index is 1.09. The van der Waals surface area contributed by atoms with Crippen molar-refractivity contribution in [3.8, 4) is 11.5 Å². The van der Waals surface area contributed by atoms with E-state index in [9.17, 15) is 29.4 Å². The van der Waals surface area contributed by atoms with E-state index < -0.39 is 53.2 Å². The lowest BCUT2D eigenvalue weighted by Gasteiger charge is -2.59. The summed E-state index contributed by atoms with van der Waals surface area (Å²) in [6.45, 7) is 1.26. The van der Waals surface area contributed by atoms with Gasteiger partial charge in [-0.15, -0.1) is 0 Å². The minimum absolute atomic E-state index is 0.0459. The lowest BCUT2D eigenvalue weighted by atomic mass is 9.47. The molecule has 1 heterocycles. The quantitative estimate of drug-likeness (QED) is 0.301. The van der Waals surface area contributed by atoms with Gasteiger partial charge in [0.1, 0.15) is 5.76 Å². The number of aliphatic hydroxyl groups is 1. The van der Waals surface area contributed by atoms with Crippen molar-refractivity contribution < 1.29 is 53.1 Å². The Hall–Kier alpha value is -4.38. The summed E-state index contributed by atoms with van der Waals surface area (Å²) in [4.78, 5) is 49.5. The van der Waals surface area contributed by atoms with Crippen LogP contribution in [-0.2, 0) is 45.2 Å². The number of aliphatic carboxylic acids is 1. The molecule has 1 fully saturated rings. The molecule has 11 nitrogen and oxygen atoms in total. The number of rotatable bonds is 10. The van der Waals surface area contributed by atoms with Crippen molar-refractivity contribution in [3.63, 3.8) is 0 Å². The highest BCUT2D eigenvalue weighted by molar-refractivity contribution is 5.84. The van der Waals surface area contributed by atoms with Crippen molar-refractivity contribution in [2.24, 2.45) is 5.92 Å². The molecule has 0 radical (unpaired) electrons. The van der Waals surface area contributed by atoms with Crippen LogP contribution in [0.15, 0.2) is 54.3 Å². The Morgan fingerprint density at radius 1 is 1.05 bits per heavy atom. The zero-order valence-corrected chi connectivity index (χ0v) is 24.4. The second-order valence-electron chi connectivity index (χ2n) is 11.8. The fourth-order valence-electron chi connectivity index (χ4n) is 7.47. The fourth-order valence-corrected chi connectivity index (χ4v) is 7.47.